The Kier molecular flexibility index (Phi) is 3.41. The summed E-state index contributed by atoms with van der Waals surface area (Å²) in [6.07, 6.45) is -1.29. The number of benzene rings is 1. The predicted octanol–water partition coefficient (Wildman–Crippen LogP) is 1.31. The van der Waals surface area contributed by atoms with Crippen molar-refractivity contribution in [1.29, 1.82) is 0 Å². The lowest BCUT2D eigenvalue weighted by atomic mass is 10.1. The van der Waals surface area contributed by atoms with E-state index >= 15 is 0 Å². The molecule has 0 aliphatic carbocycles. The van der Waals surface area contributed by atoms with Crippen molar-refractivity contribution in [2.24, 2.45) is 0 Å². The first-order valence-corrected chi connectivity index (χ1v) is 7.76. The fourth-order valence-corrected chi connectivity index (χ4v) is 3.39. The number of furan rings is 1. The summed E-state index contributed by atoms with van der Waals surface area (Å²) in [5.74, 6) is 0.0307. The number of amides is 1. The summed E-state index contributed by atoms with van der Waals surface area (Å²) in [5, 5.41) is 13.6. The molecule has 6 heteroatoms. The minimum absolute atomic E-state index is 0.241. The molecule has 3 heterocycles. The molecule has 2 N–H and O–H groups in total. The molecule has 0 unspecified atom stereocenters. The highest BCUT2D eigenvalue weighted by Crippen LogP contribution is 2.29. The van der Waals surface area contributed by atoms with Gasteiger partial charge in [0.15, 0.2) is 5.76 Å². The number of fused-ring (bicyclic) bond motifs is 2. The van der Waals surface area contributed by atoms with Gasteiger partial charge in [-0.25, -0.2) is 0 Å². The minimum Gasteiger partial charge on any atom is -0.451 e. The molecule has 122 valence electrons. The summed E-state index contributed by atoms with van der Waals surface area (Å²) in [4.78, 5) is 12.6. The maximum Gasteiger partial charge on any atom is 0.287 e. The Morgan fingerprint density at radius 2 is 2.00 bits per heavy atom. The van der Waals surface area contributed by atoms with Crippen molar-refractivity contribution in [3.8, 4) is 0 Å². The molecule has 2 aliphatic heterocycles. The molecule has 4 rings (SSSR count). The Morgan fingerprint density at radius 1 is 1.22 bits per heavy atom. The van der Waals surface area contributed by atoms with E-state index in [-0.39, 0.29) is 30.8 Å². The van der Waals surface area contributed by atoms with Crippen molar-refractivity contribution >= 4 is 16.9 Å². The maximum atomic E-state index is 12.6. The van der Waals surface area contributed by atoms with E-state index in [4.69, 9.17) is 13.9 Å². The molecule has 2 aliphatic rings. The number of carbonyl (C=O) groups excluding carboxylic acids is 1. The minimum atomic E-state index is -0.627. The van der Waals surface area contributed by atoms with Crippen LogP contribution in [-0.4, -0.2) is 48.6 Å². The monoisotopic (exact) mass is 317 g/mol. The number of nitrogens with one attached hydrogen (secondary N) is 1. The third kappa shape index (κ3) is 2.34. The molecule has 0 spiro atoms. The largest absolute Gasteiger partial charge is 0.451 e. The first-order chi connectivity index (χ1) is 11.0. The highest BCUT2D eigenvalue weighted by Gasteiger charge is 2.47. The molecular weight excluding hydrogens is 298 g/mol. The van der Waals surface area contributed by atoms with Gasteiger partial charge in [0.25, 0.3) is 5.91 Å². The van der Waals surface area contributed by atoms with Gasteiger partial charge in [0.2, 0.25) is 0 Å². The molecule has 1 aromatic carbocycles. The Morgan fingerprint density at radius 3 is 2.83 bits per heavy atom. The molecular formula is C17H19NO5. The smallest absolute Gasteiger partial charge is 0.287 e. The van der Waals surface area contributed by atoms with Gasteiger partial charge in [0.05, 0.1) is 19.3 Å². The van der Waals surface area contributed by atoms with E-state index in [0.29, 0.717) is 18.0 Å². The molecule has 2 saturated heterocycles. The van der Waals surface area contributed by atoms with Crippen molar-refractivity contribution in [1.82, 2.24) is 5.32 Å². The molecule has 2 aromatic rings. The van der Waals surface area contributed by atoms with Crippen LogP contribution in [0.15, 0.2) is 22.6 Å². The van der Waals surface area contributed by atoms with E-state index in [1.165, 1.54) is 0 Å². The fraction of sp³-hybridized carbons (Fsp3) is 0.471. The van der Waals surface area contributed by atoms with Crippen LogP contribution in [0.25, 0.3) is 11.0 Å². The highest BCUT2D eigenvalue weighted by atomic mass is 16.6. The topological polar surface area (TPSA) is 80.9 Å². The fourth-order valence-electron chi connectivity index (χ4n) is 3.39. The van der Waals surface area contributed by atoms with Gasteiger partial charge in [-0.3, -0.25) is 4.79 Å². The molecule has 0 radical (unpaired) electrons. The zero-order chi connectivity index (χ0) is 16.1. The van der Waals surface area contributed by atoms with E-state index in [2.05, 4.69) is 5.32 Å². The van der Waals surface area contributed by atoms with Crippen LogP contribution in [0.4, 0.5) is 0 Å². The Labute approximate surface area is 133 Å². The normalized spacial score (nSPS) is 29.9. The SMILES string of the molecule is Cc1ccc2c(C)c(C(=O)N[C@H]3CO[C@H]4[C@@H]3OC[C@H]4O)oc2c1. The number of aryl methyl sites for hydroxylation is 2. The second kappa shape index (κ2) is 5.33. The second-order valence-corrected chi connectivity index (χ2v) is 6.30. The summed E-state index contributed by atoms with van der Waals surface area (Å²) >= 11 is 0. The molecule has 1 aromatic heterocycles. The van der Waals surface area contributed by atoms with Crippen LogP contribution in [0.2, 0.25) is 0 Å². The summed E-state index contributed by atoms with van der Waals surface area (Å²) in [5.41, 5.74) is 2.61. The number of hydrogen-bond donors (Lipinski definition) is 2. The van der Waals surface area contributed by atoms with Crippen LogP contribution in [-0.2, 0) is 9.47 Å². The van der Waals surface area contributed by atoms with Gasteiger partial charge in [-0.1, -0.05) is 12.1 Å². The van der Waals surface area contributed by atoms with Crippen LogP contribution >= 0.6 is 0 Å². The second-order valence-electron chi connectivity index (χ2n) is 6.30. The highest BCUT2D eigenvalue weighted by molar-refractivity contribution is 5.99. The maximum absolute atomic E-state index is 12.6. The number of aliphatic hydroxyl groups excluding tert-OH is 1. The van der Waals surface area contributed by atoms with Crippen LogP contribution in [0.3, 0.4) is 0 Å². The van der Waals surface area contributed by atoms with Crippen LogP contribution < -0.4 is 5.32 Å². The average Bonchev–Trinajstić information content (AvgIpc) is 3.17. The Hall–Kier alpha value is -1.89. The molecule has 2 fully saturated rings. The van der Waals surface area contributed by atoms with E-state index in [1.807, 2.05) is 32.0 Å². The van der Waals surface area contributed by atoms with Gasteiger partial charge in [0, 0.05) is 10.9 Å². The van der Waals surface area contributed by atoms with Crippen molar-refractivity contribution in [3.05, 3.63) is 35.1 Å². The molecule has 1 amide bonds. The van der Waals surface area contributed by atoms with Crippen molar-refractivity contribution < 1.29 is 23.8 Å². The summed E-state index contributed by atoms with van der Waals surface area (Å²) in [6.45, 7) is 4.43. The zero-order valence-electron chi connectivity index (χ0n) is 13.0. The molecule has 4 atom stereocenters. The lowest BCUT2D eigenvalue weighted by molar-refractivity contribution is 0.0178. The third-order valence-electron chi connectivity index (χ3n) is 4.64. The Balaban J connectivity index is 1.57. The van der Waals surface area contributed by atoms with E-state index in [9.17, 15) is 9.90 Å². The first kappa shape index (κ1) is 14.7. The van der Waals surface area contributed by atoms with Gasteiger partial charge in [-0.15, -0.1) is 0 Å². The van der Waals surface area contributed by atoms with E-state index in [0.717, 1.165) is 16.5 Å². The van der Waals surface area contributed by atoms with E-state index in [1.54, 1.807) is 0 Å². The molecule has 23 heavy (non-hydrogen) atoms. The zero-order valence-corrected chi connectivity index (χ0v) is 13.0. The number of ether oxygens (including phenoxy) is 2. The van der Waals surface area contributed by atoms with Gasteiger partial charge >= 0.3 is 0 Å². The van der Waals surface area contributed by atoms with E-state index < -0.39 is 6.10 Å². The van der Waals surface area contributed by atoms with Crippen molar-refractivity contribution in [2.45, 2.75) is 38.2 Å². The lowest BCUT2D eigenvalue weighted by Gasteiger charge is -2.16. The molecule has 6 nitrogen and oxygen atoms in total. The number of carbonyl (C=O) groups is 1. The van der Waals surface area contributed by atoms with Crippen LogP contribution in [0, 0.1) is 13.8 Å². The van der Waals surface area contributed by atoms with Gasteiger partial charge < -0.3 is 24.3 Å². The summed E-state index contributed by atoms with van der Waals surface area (Å²) in [7, 11) is 0. The van der Waals surface area contributed by atoms with Crippen molar-refractivity contribution in [3.63, 3.8) is 0 Å². The lowest BCUT2D eigenvalue weighted by Crippen LogP contribution is -2.44. The quantitative estimate of drug-likeness (QED) is 0.873. The Bertz CT molecular complexity index is 768. The number of rotatable bonds is 2. The summed E-state index contributed by atoms with van der Waals surface area (Å²) < 4.78 is 16.8. The number of hydrogen-bond acceptors (Lipinski definition) is 5. The van der Waals surface area contributed by atoms with Crippen LogP contribution in [0.5, 0.6) is 0 Å². The standard InChI is InChI=1S/C17H19NO5/c1-8-3-4-10-9(2)14(23-13(10)5-8)17(20)18-11-6-21-16-12(19)7-22-15(11)16/h3-5,11-12,15-16,19H,6-7H2,1-2H3,(H,18,20)/t11-,12+,15+,16+/m0/s1. The third-order valence-corrected chi connectivity index (χ3v) is 4.64. The van der Waals surface area contributed by atoms with Gasteiger partial charge in [-0.2, -0.15) is 0 Å². The molecule has 0 saturated carbocycles. The van der Waals surface area contributed by atoms with Gasteiger partial charge in [-0.05, 0) is 25.5 Å². The van der Waals surface area contributed by atoms with Gasteiger partial charge in [0.1, 0.15) is 23.9 Å². The predicted molar refractivity (Wildman–Crippen MR) is 82.4 cm³/mol. The molecule has 0 bridgehead atoms. The average molecular weight is 317 g/mol. The van der Waals surface area contributed by atoms with Crippen molar-refractivity contribution in [2.75, 3.05) is 13.2 Å². The first-order valence-electron chi connectivity index (χ1n) is 7.76. The number of aliphatic hydroxyl groups is 1. The van der Waals surface area contributed by atoms with Crippen LogP contribution in [0.1, 0.15) is 21.7 Å². The summed E-state index contributed by atoms with van der Waals surface area (Å²) in [6, 6.07) is 5.60.